The molecule has 4 atom stereocenters. The minimum atomic E-state index is -1.35. The smallest absolute Gasteiger partial charge is 0.230 e. The minimum Gasteiger partial charge on any atom is -0.492 e. The first-order chi connectivity index (χ1) is 9.85. The quantitative estimate of drug-likeness (QED) is 0.521. The van der Waals surface area contributed by atoms with Gasteiger partial charge >= 0.3 is 0 Å². The van der Waals surface area contributed by atoms with Crippen LogP contribution in [-0.2, 0) is 14.3 Å². The van der Waals surface area contributed by atoms with Crippen molar-refractivity contribution in [2.45, 2.75) is 24.7 Å². The summed E-state index contributed by atoms with van der Waals surface area (Å²) in [5, 5.41) is 11.1. The van der Waals surface area contributed by atoms with Crippen LogP contribution in [-0.4, -0.2) is 65.0 Å². The normalized spacial score (nSPS) is 40.7. The molecule has 0 amide bonds. The highest BCUT2D eigenvalue weighted by Gasteiger charge is 2.72. The van der Waals surface area contributed by atoms with Gasteiger partial charge in [-0.3, -0.25) is 14.5 Å². The van der Waals surface area contributed by atoms with Crippen molar-refractivity contribution in [1.82, 2.24) is 9.80 Å². The molecule has 0 radical (unpaired) electrons. The van der Waals surface area contributed by atoms with Crippen LogP contribution in [0.4, 0.5) is 0 Å². The van der Waals surface area contributed by atoms with Crippen LogP contribution in [0.2, 0.25) is 0 Å². The Morgan fingerprint density at radius 3 is 2.67 bits per heavy atom. The number of ether oxygens (including phenoxy) is 1. The number of carbonyl (C=O) groups excluding carboxylic acids is 2. The molecule has 2 fully saturated rings. The lowest BCUT2D eigenvalue weighted by Crippen LogP contribution is -2.49. The standard InChI is InChI=1S/C15H16N2O4/c1-6-11(18)10-9(12(19)13(6)21-4)7(2)15(20)14-8(16(14)3)5-17(10)15/h8,14,20H,2,5H2,1,3-4H3. The van der Waals surface area contributed by atoms with Crippen LogP contribution in [0.5, 0.6) is 0 Å². The summed E-state index contributed by atoms with van der Waals surface area (Å²) >= 11 is 0. The summed E-state index contributed by atoms with van der Waals surface area (Å²) in [6, 6.07) is 0.0966. The molecule has 3 aliphatic heterocycles. The molecule has 4 aliphatic rings. The number of rotatable bonds is 1. The Morgan fingerprint density at radius 2 is 2.05 bits per heavy atom. The van der Waals surface area contributed by atoms with Crippen LogP contribution in [0.1, 0.15) is 6.92 Å². The molecule has 0 aromatic rings. The zero-order valence-electron chi connectivity index (χ0n) is 12.1. The number of hydrogen-bond donors (Lipinski definition) is 1. The van der Waals surface area contributed by atoms with Crippen molar-refractivity contribution in [3.63, 3.8) is 0 Å². The van der Waals surface area contributed by atoms with Gasteiger partial charge in [0.1, 0.15) is 0 Å². The van der Waals surface area contributed by atoms with E-state index in [2.05, 4.69) is 6.58 Å². The van der Waals surface area contributed by atoms with Crippen molar-refractivity contribution in [3.8, 4) is 0 Å². The molecule has 6 heteroatoms. The van der Waals surface area contributed by atoms with Crippen LogP contribution < -0.4 is 0 Å². The Hall–Kier alpha value is -1.92. The maximum atomic E-state index is 12.6. The third-order valence-electron chi connectivity index (χ3n) is 5.22. The van der Waals surface area contributed by atoms with Gasteiger partial charge in [-0.2, -0.15) is 0 Å². The Balaban J connectivity index is 1.88. The third kappa shape index (κ3) is 1.14. The number of likely N-dealkylation sites (N-methyl/N-ethyl adjacent to an activating group) is 1. The van der Waals surface area contributed by atoms with Crippen molar-refractivity contribution >= 4 is 11.6 Å². The van der Waals surface area contributed by atoms with Gasteiger partial charge in [-0.05, 0) is 14.0 Å². The van der Waals surface area contributed by atoms with Crippen LogP contribution >= 0.6 is 0 Å². The first-order valence-electron chi connectivity index (χ1n) is 6.86. The highest BCUT2D eigenvalue weighted by molar-refractivity contribution is 6.26. The number of hydrogen-bond acceptors (Lipinski definition) is 6. The second-order valence-corrected chi connectivity index (χ2v) is 6.03. The summed E-state index contributed by atoms with van der Waals surface area (Å²) < 4.78 is 5.08. The molecule has 1 aliphatic carbocycles. The summed E-state index contributed by atoms with van der Waals surface area (Å²) in [7, 11) is 3.29. The van der Waals surface area contributed by atoms with E-state index in [1.165, 1.54) is 7.11 Å². The van der Waals surface area contributed by atoms with E-state index in [9.17, 15) is 14.7 Å². The summed E-state index contributed by atoms with van der Waals surface area (Å²) in [4.78, 5) is 28.9. The van der Waals surface area contributed by atoms with Crippen molar-refractivity contribution in [2.75, 3.05) is 20.7 Å². The number of Topliss-reactive ketones (excluding diaryl/α,β-unsaturated/α-hetero) is 2. The molecular formula is C15H16N2O4. The fourth-order valence-corrected chi connectivity index (χ4v) is 4.03. The summed E-state index contributed by atoms with van der Waals surface area (Å²) in [5.74, 6) is -0.579. The Labute approximate surface area is 122 Å². The SMILES string of the molecule is C=C1C2=C(C(=O)C(C)=C(OC)C2=O)N2CC3C(N3C)C12O. The van der Waals surface area contributed by atoms with Gasteiger partial charge in [0.05, 0.1) is 24.4 Å². The molecule has 0 spiro atoms. The molecule has 2 saturated heterocycles. The lowest BCUT2D eigenvalue weighted by Gasteiger charge is -2.34. The van der Waals surface area contributed by atoms with Gasteiger partial charge in [-0.1, -0.05) is 6.58 Å². The molecular weight excluding hydrogens is 272 g/mol. The zero-order valence-corrected chi connectivity index (χ0v) is 12.1. The van der Waals surface area contributed by atoms with E-state index in [4.69, 9.17) is 4.74 Å². The lowest BCUT2D eigenvalue weighted by molar-refractivity contribution is -0.120. The lowest BCUT2D eigenvalue weighted by atomic mass is 9.88. The maximum absolute atomic E-state index is 12.6. The van der Waals surface area contributed by atoms with Crippen molar-refractivity contribution in [1.29, 1.82) is 0 Å². The predicted molar refractivity (Wildman–Crippen MR) is 72.9 cm³/mol. The zero-order chi connectivity index (χ0) is 15.3. The van der Waals surface area contributed by atoms with E-state index in [1.54, 1.807) is 11.8 Å². The van der Waals surface area contributed by atoms with Gasteiger partial charge < -0.3 is 14.7 Å². The van der Waals surface area contributed by atoms with E-state index in [0.717, 1.165) is 0 Å². The number of piperazine rings is 1. The molecule has 0 saturated carbocycles. The molecule has 6 nitrogen and oxygen atoms in total. The maximum Gasteiger partial charge on any atom is 0.230 e. The van der Waals surface area contributed by atoms with Crippen LogP contribution in [0, 0.1) is 0 Å². The van der Waals surface area contributed by atoms with Crippen LogP contribution in [0.25, 0.3) is 0 Å². The highest BCUT2D eigenvalue weighted by atomic mass is 16.5. The Kier molecular flexibility index (Phi) is 2.10. The molecule has 0 aromatic carbocycles. The van der Waals surface area contributed by atoms with E-state index >= 15 is 0 Å². The number of carbonyl (C=O) groups is 2. The third-order valence-corrected chi connectivity index (χ3v) is 5.22. The van der Waals surface area contributed by atoms with E-state index in [1.807, 2.05) is 11.9 Å². The molecule has 0 aromatic heterocycles. The molecule has 0 bridgehead atoms. The van der Waals surface area contributed by atoms with Gasteiger partial charge in [-0.25, -0.2) is 0 Å². The monoisotopic (exact) mass is 288 g/mol. The number of fused-ring (bicyclic) bond motifs is 4. The Morgan fingerprint density at radius 1 is 1.38 bits per heavy atom. The predicted octanol–water partition coefficient (Wildman–Crippen LogP) is -0.431. The Bertz CT molecular complexity index is 704. The number of methoxy groups -OCH3 is 1. The fraction of sp³-hybridized carbons (Fsp3) is 0.467. The van der Waals surface area contributed by atoms with Gasteiger partial charge in [0.15, 0.2) is 11.5 Å². The minimum absolute atomic E-state index is 0.0466. The molecule has 21 heavy (non-hydrogen) atoms. The second-order valence-electron chi connectivity index (χ2n) is 6.03. The van der Waals surface area contributed by atoms with Crippen molar-refractivity contribution < 1.29 is 19.4 Å². The second kappa shape index (κ2) is 3.45. The average Bonchev–Trinajstić information content (AvgIpc) is 2.87. The molecule has 110 valence electrons. The van der Waals surface area contributed by atoms with Gasteiger partial charge in [0.2, 0.25) is 11.6 Å². The molecule has 1 N–H and O–H groups in total. The summed E-state index contributed by atoms with van der Waals surface area (Å²) in [5.41, 5.74) is -0.254. The number of nitrogens with zero attached hydrogens (tertiary/aromatic N) is 2. The summed E-state index contributed by atoms with van der Waals surface area (Å²) in [6.45, 7) is 6.02. The van der Waals surface area contributed by atoms with Crippen LogP contribution in [0.3, 0.4) is 0 Å². The topological polar surface area (TPSA) is 69.9 Å². The number of allylic oxidation sites excluding steroid dienone is 2. The first-order valence-corrected chi connectivity index (χ1v) is 6.86. The fourth-order valence-electron chi connectivity index (χ4n) is 4.03. The molecule has 4 rings (SSSR count). The largest absolute Gasteiger partial charge is 0.492 e. The van der Waals surface area contributed by atoms with Gasteiger partial charge in [0, 0.05) is 23.7 Å². The van der Waals surface area contributed by atoms with E-state index in [-0.39, 0.29) is 46.3 Å². The molecule has 3 heterocycles. The van der Waals surface area contributed by atoms with Crippen molar-refractivity contribution in [3.05, 3.63) is 34.8 Å². The molecule has 4 unspecified atom stereocenters. The van der Waals surface area contributed by atoms with Crippen molar-refractivity contribution in [2.24, 2.45) is 0 Å². The first kappa shape index (κ1) is 12.8. The highest BCUT2D eigenvalue weighted by Crippen LogP contribution is 2.56. The summed E-state index contributed by atoms with van der Waals surface area (Å²) in [6.07, 6.45) is 0. The number of ketones is 2. The number of aliphatic hydroxyl groups is 1. The average molecular weight is 288 g/mol. The van der Waals surface area contributed by atoms with Crippen LogP contribution in [0.15, 0.2) is 34.8 Å². The van der Waals surface area contributed by atoms with Gasteiger partial charge in [0.25, 0.3) is 0 Å². The van der Waals surface area contributed by atoms with E-state index < -0.39 is 5.72 Å². The van der Waals surface area contributed by atoms with Gasteiger partial charge in [-0.15, -0.1) is 0 Å². The van der Waals surface area contributed by atoms with E-state index in [0.29, 0.717) is 12.1 Å².